The first-order valence-electron chi connectivity index (χ1n) is 3.37. The van der Waals surface area contributed by atoms with Crippen LogP contribution in [0.15, 0.2) is 5.38 Å². The van der Waals surface area contributed by atoms with E-state index in [2.05, 4.69) is 9.59 Å². The van der Waals surface area contributed by atoms with Crippen molar-refractivity contribution in [3.63, 3.8) is 0 Å². The molecule has 1 N–H and O–H groups in total. The van der Waals surface area contributed by atoms with Gasteiger partial charge in [-0.2, -0.15) is 0 Å². The van der Waals surface area contributed by atoms with Crippen LogP contribution in [0.1, 0.15) is 17.4 Å². The minimum atomic E-state index is -3.51. The Balaban J connectivity index is 2.73. The molecule has 72 valence electrons. The van der Waals surface area contributed by atoms with Gasteiger partial charge >= 0.3 is 0 Å². The highest BCUT2D eigenvalue weighted by molar-refractivity contribution is 7.90. The van der Waals surface area contributed by atoms with Gasteiger partial charge in [-0.05, 0) is 18.5 Å². The first-order chi connectivity index (χ1) is 6.05. The minimum absolute atomic E-state index is 0.0158. The van der Waals surface area contributed by atoms with E-state index in [4.69, 9.17) is 0 Å². The number of rotatable bonds is 3. The fourth-order valence-electron chi connectivity index (χ4n) is 0.529. The Morgan fingerprint density at radius 1 is 1.69 bits per heavy atom. The first kappa shape index (κ1) is 10.1. The second-order valence-electron chi connectivity index (χ2n) is 2.12. The summed E-state index contributed by atoms with van der Waals surface area (Å²) in [5.74, 6) is -0.883. The summed E-state index contributed by atoms with van der Waals surface area (Å²) < 4.78 is 27.1. The smallest absolute Gasteiger partial charge is 0.266 e. The highest BCUT2D eigenvalue weighted by atomic mass is 32.2. The number of amides is 1. The van der Waals surface area contributed by atoms with E-state index in [0.717, 1.165) is 11.5 Å². The molecule has 0 aliphatic heterocycles. The van der Waals surface area contributed by atoms with Crippen molar-refractivity contribution in [3.8, 4) is 0 Å². The molecule has 0 unspecified atom stereocenters. The molecule has 1 aromatic heterocycles. The minimum Gasteiger partial charge on any atom is -0.266 e. The van der Waals surface area contributed by atoms with Crippen LogP contribution in [0.3, 0.4) is 0 Å². The van der Waals surface area contributed by atoms with E-state index >= 15 is 0 Å². The van der Waals surface area contributed by atoms with E-state index in [9.17, 15) is 13.2 Å². The Hall–Kier alpha value is -1.02. The molecule has 0 spiro atoms. The molecule has 8 heteroatoms. The van der Waals surface area contributed by atoms with Crippen molar-refractivity contribution in [2.45, 2.75) is 6.92 Å². The number of hydrogen-bond donors (Lipinski definition) is 1. The molecule has 0 radical (unpaired) electrons. The Bertz CT molecular complexity index is 383. The summed E-state index contributed by atoms with van der Waals surface area (Å²) in [5.41, 5.74) is 0.0158. The van der Waals surface area contributed by atoms with Gasteiger partial charge in [0.05, 0.1) is 5.75 Å². The second-order valence-corrected chi connectivity index (χ2v) is 4.75. The van der Waals surface area contributed by atoms with Gasteiger partial charge in [0.2, 0.25) is 10.0 Å². The molecule has 0 aliphatic rings. The van der Waals surface area contributed by atoms with E-state index in [1.54, 1.807) is 0 Å². The number of sulfonamides is 1. The Morgan fingerprint density at radius 3 is 2.85 bits per heavy atom. The molecule has 0 aliphatic carbocycles. The maximum Gasteiger partial charge on any atom is 0.286 e. The van der Waals surface area contributed by atoms with E-state index in [-0.39, 0.29) is 11.4 Å². The monoisotopic (exact) mass is 221 g/mol. The molecule has 0 bridgehead atoms. The molecule has 13 heavy (non-hydrogen) atoms. The van der Waals surface area contributed by atoms with E-state index in [1.807, 2.05) is 4.72 Å². The number of hydrogen-bond acceptors (Lipinski definition) is 6. The number of nitrogens with zero attached hydrogens (tertiary/aromatic N) is 2. The van der Waals surface area contributed by atoms with Gasteiger partial charge in [0.15, 0.2) is 5.69 Å². The molecule has 6 nitrogen and oxygen atoms in total. The van der Waals surface area contributed by atoms with Gasteiger partial charge in [-0.3, -0.25) is 4.79 Å². The summed E-state index contributed by atoms with van der Waals surface area (Å²) in [7, 11) is -3.51. The van der Waals surface area contributed by atoms with Crippen molar-refractivity contribution in [2.24, 2.45) is 0 Å². The summed E-state index contributed by atoms with van der Waals surface area (Å²) in [4.78, 5) is 11.1. The van der Waals surface area contributed by atoms with Gasteiger partial charge in [0.1, 0.15) is 0 Å². The molecule has 0 saturated heterocycles. The first-order valence-corrected chi connectivity index (χ1v) is 5.86. The standard InChI is InChI=1S/C5H7N3O3S2/c1-2-13(10,11)7-5(9)4-3-12-8-6-4/h3H,2H2,1H3,(H,7,9). The van der Waals surface area contributed by atoms with Gasteiger partial charge in [-0.1, -0.05) is 4.49 Å². The van der Waals surface area contributed by atoms with E-state index in [0.29, 0.717) is 0 Å². The van der Waals surface area contributed by atoms with Crippen LogP contribution in [0.25, 0.3) is 0 Å². The maximum absolute atomic E-state index is 11.1. The van der Waals surface area contributed by atoms with Crippen molar-refractivity contribution in [1.29, 1.82) is 0 Å². The molecule has 1 rings (SSSR count). The van der Waals surface area contributed by atoms with Crippen molar-refractivity contribution in [3.05, 3.63) is 11.1 Å². The number of carbonyl (C=O) groups is 1. The molecule has 0 aromatic carbocycles. The van der Waals surface area contributed by atoms with Crippen LogP contribution >= 0.6 is 11.5 Å². The SMILES string of the molecule is CCS(=O)(=O)NC(=O)c1csnn1. The molecular weight excluding hydrogens is 214 g/mol. The Morgan fingerprint density at radius 2 is 2.38 bits per heavy atom. The lowest BCUT2D eigenvalue weighted by atomic mass is 10.5. The van der Waals surface area contributed by atoms with Crippen LogP contribution in [-0.2, 0) is 10.0 Å². The normalized spacial score (nSPS) is 11.2. The number of nitrogens with one attached hydrogen (secondary N) is 1. The summed E-state index contributed by atoms with van der Waals surface area (Å²) in [6, 6.07) is 0. The lowest BCUT2D eigenvalue weighted by molar-refractivity contribution is 0.0976. The lowest BCUT2D eigenvalue weighted by Crippen LogP contribution is -2.31. The van der Waals surface area contributed by atoms with Gasteiger partial charge in [0, 0.05) is 5.38 Å². The fourth-order valence-corrected chi connectivity index (χ4v) is 1.50. The highest BCUT2D eigenvalue weighted by Gasteiger charge is 2.15. The molecular formula is C5H7N3O3S2. The average molecular weight is 221 g/mol. The highest BCUT2D eigenvalue weighted by Crippen LogP contribution is 1.97. The van der Waals surface area contributed by atoms with E-state index in [1.165, 1.54) is 12.3 Å². The van der Waals surface area contributed by atoms with Crippen molar-refractivity contribution in [1.82, 2.24) is 14.3 Å². The summed E-state index contributed by atoms with van der Waals surface area (Å²) in [5, 5.41) is 4.80. The van der Waals surface area contributed by atoms with Gasteiger partial charge in [0.25, 0.3) is 5.91 Å². The molecule has 1 aromatic rings. The van der Waals surface area contributed by atoms with Gasteiger partial charge < -0.3 is 0 Å². The molecule has 1 amide bonds. The predicted molar refractivity (Wildman–Crippen MR) is 46.8 cm³/mol. The van der Waals surface area contributed by atoms with Gasteiger partial charge in [-0.15, -0.1) is 5.10 Å². The van der Waals surface area contributed by atoms with Crippen molar-refractivity contribution in [2.75, 3.05) is 5.75 Å². The summed E-state index contributed by atoms with van der Waals surface area (Å²) in [6.45, 7) is 1.44. The summed E-state index contributed by atoms with van der Waals surface area (Å²) >= 11 is 0.985. The maximum atomic E-state index is 11.1. The van der Waals surface area contributed by atoms with Crippen molar-refractivity contribution >= 4 is 27.5 Å². The zero-order chi connectivity index (χ0) is 9.90. The largest absolute Gasteiger partial charge is 0.286 e. The van der Waals surface area contributed by atoms with Crippen LogP contribution in [0.5, 0.6) is 0 Å². The Kier molecular flexibility index (Phi) is 2.94. The average Bonchev–Trinajstić information content (AvgIpc) is 2.55. The Labute approximate surface area is 79.2 Å². The number of carbonyl (C=O) groups excluding carboxylic acids is 1. The third-order valence-electron chi connectivity index (χ3n) is 1.22. The zero-order valence-electron chi connectivity index (χ0n) is 6.72. The van der Waals surface area contributed by atoms with Crippen molar-refractivity contribution < 1.29 is 13.2 Å². The molecule has 0 fully saturated rings. The van der Waals surface area contributed by atoms with Gasteiger partial charge in [-0.25, -0.2) is 13.1 Å². The second kappa shape index (κ2) is 3.79. The fraction of sp³-hybridized carbons (Fsp3) is 0.400. The van der Waals surface area contributed by atoms with E-state index < -0.39 is 15.9 Å². The molecule has 0 atom stereocenters. The van der Waals surface area contributed by atoms with Crippen LogP contribution in [0, 0.1) is 0 Å². The summed E-state index contributed by atoms with van der Waals surface area (Å²) in [6.07, 6.45) is 0. The lowest BCUT2D eigenvalue weighted by Gasteiger charge is -2.00. The van der Waals surface area contributed by atoms with Crippen LogP contribution < -0.4 is 4.72 Å². The van der Waals surface area contributed by atoms with Crippen LogP contribution in [-0.4, -0.2) is 29.7 Å². The molecule has 1 heterocycles. The van der Waals surface area contributed by atoms with Crippen LogP contribution in [0.2, 0.25) is 0 Å². The topological polar surface area (TPSA) is 89.0 Å². The molecule has 0 saturated carbocycles. The third kappa shape index (κ3) is 2.74. The third-order valence-corrected chi connectivity index (χ3v) is 2.98. The zero-order valence-corrected chi connectivity index (χ0v) is 8.35. The predicted octanol–water partition coefficient (Wildman–Crippen LogP) is -0.382. The number of aromatic nitrogens is 2. The quantitative estimate of drug-likeness (QED) is 0.751. The van der Waals surface area contributed by atoms with Crippen LogP contribution in [0.4, 0.5) is 0 Å².